The van der Waals surface area contributed by atoms with Crippen LogP contribution in [0.15, 0.2) is 18.2 Å². The molecule has 94 valence electrons. The molecule has 0 aliphatic rings. The van der Waals surface area contributed by atoms with Gasteiger partial charge in [-0.2, -0.15) is 0 Å². The Morgan fingerprint density at radius 2 is 2.29 bits per heavy atom. The summed E-state index contributed by atoms with van der Waals surface area (Å²) in [7, 11) is 0. The van der Waals surface area contributed by atoms with Crippen LogP contribution in [0.1, 0.15) is 41.2 Å². The SMILES string of the molecule is C=C(C)CCOc1cc(CCC)sc1C(=O)O. The first-order valence-corrected chi connectivity index (χ1v) is 6.49. The molecule has 0 atom stereocenters. The minimum atomic E-state index is -0.914. The molecule has 0 bridgehead atoms. The molecular weight excluding hydrogens is 236 g/mol. The first-order chi connectivity index (χ1) is 8.04. The summed E-state index contributed by atoms with van der Waals surface area (Å²) in [5, 5.41) is 9.07. The zero-order valence-corrected chi connectivity index (χ0v) is 11.1. The Bertz CT molecular complexity index is 407. The lowest BCUT2D eigenvalue weighted by Gasteiger charge is -2.04. The molecule has 0 saturated heterocycles. The Balaban J connectivity index is 2.73. The van der Waals surface area contributed by atoms with Crippen LogP contribution < -0.4 is 4.74 Å². The zero-order chi connectivity index (χ0) is 12.8. The topological polar surface area (TPSA) is 46.5 Å². The molecule has 0 fully saturated rings. The average Bonchev–Trinajstić information content (AvgIpc) is 2.61. The van der Waals surface area contributed by atoms with Gasteiger partial charge in [-0.1, -0.05) is 18.9 Å². The van der Waals surface area contributed by atoms with Gasteiger partial charge in [-0.3, -0.25) is 0 Å². The van der Waals surface area contributed by atoms with Crippen LogP contribution in [0.25, 0.3) is 0 Å². The van der Waals surface area contributed by atoms with Gasteiger partial charge in [0, 0.05) is 11.3 Å². The van der Waals surface area contributed by atoms with Crippen molar-refractivity contribution < 1.29 is 14.6 Å². The second kappa shape index (κ2) is 6.45. The molecule has 1 heterocycles. The maximum Gasteiger partial charge on any atom is 0.349 e. The van der Waals surface area contributed by atoms with E-state index in [1.165, 1.54) is 11.3 Å². The van der Waals surface area contributed by atoms with Crippen molar-refractivity contribution in [1.29, 1.82) is 0 Å². The molecular formula is C13H18O3S. The monoisotopic (exact) mass is 254 g/mol. The van der Waals surface area contributed by atoms with Gasteiger partial charge in [0.2, 0.25) is 0 Å². The first kappa shape index (κ1) is 13.8. The highest BCUT2D eigenvalue weighted by molar-refractivity contribution is 7.14. The number of thiophene rings is 1. The number of hydrogen-bond donors (Lipinski definition) is 1. The summed E-state index contributed by atoms with van der Waals surface area (Å²) in [5.41, 5.74) is 1.03. The van der Waals surface area contributed by atoms with Gasteiger partial charge in [0.15, 0.2) is 4.88 Å². The molecule has 0 unspecified atom stereocenters. The molecule has 0 amide bonds. The Morgan fingerprint density at radius 3 is 2.82 bits per heavy atom. The molecule has 0 saturated carbocycles. The van der Waals surface area contributed by atoms with Crippen molar-refractivity contribution in [1.82, 2.24) is 0 Å². The molecule has 0 aromatic carbocycles. The quantitative estimate of drug-likeness (QED) is 0.754. The van der Waals surface area contributed by atoms with Crippen molar-refractivity contribution in [2.24, 2.45) is 0 Å². The second-order valence-corrected chi connectivity index (χ2v) is 5.15. The van der Waals surface area contributed by atoms with E-state index in [2.05, 4.69) is 13.5 Å². The lowest BCUT2D eigenvalue weighted by molar-refractivity contribution is 0.0698. The predicted molar refractivity (Wildman–Crippen MR) is 70.2 cm³/mol. The Morgan fingerprint density at radius 1 is 1.59 bits per heavy atom. The number of aryl methyl sites for hydroxylation is 1. The van der Waals surface area contributed by atoms with E-state index in [9.17, 15) is 4.79 Å². The number of carbonyl (C=O) groups is 1. The highest BCUT2D eigenvalue weighted by Gasteiger charge is 2.16. The van der Waals surface area contributed by atoms with Crippen LogP contribution in [0.5, 0.6) is 5.75 Å². The van der Waals surface area contributed by atoms with E-state index in [-0.39, 0.29) is 0 Å². The van der Waals surface area contributed by atoms with Gasteiger partial charge < -0.3 is 9.84 Å². The Kier molecular flexibility index (Phi) is 5.22. The summed E-state index contributed by atoms with van der Waals surface area (Å²) >= 11 is 1.30. The van der Waals surface area contributed by atoms with Crippen LogP contribution in [-0.4, -0.2) is 17.7 Å². The fourth-order valence-electron chi connectivity index (χ4n) is 1.38. The number of hydrogen-bond acceptors (Lipinski definition) is 3. The van der Waals surface area contributed by atoms with Crippen LogP contribution in [-0.2, 0) is 6.42 Å². The van der Waals surface area contributed by atoms with Crippen LogP contribution in [0, 0.1) is 0 Å². The van der Waals surface area contributed by atoms with Gasteiger partial charge in [-0.25, -0.2) is 4.79 Å². The largest absolute Gasteiger partial charge is 0.491 e. The minimum absolute atomic E-state index is 0.301. The van der Waals surface area contributed by atoms with Gasteiger partial charge in [0.05, 0.1) is 6.61 Å². The maximum atomic E-state index is 11.0. The highest BCUT2D eigenvalue weighted by Crippen LogP contribution is 2.30. The van der Waals surface area contributed by atoms with Crippen LogP contribution in [0.2, 0.25) is 0 Å². The standard InChI is InChI=1S/C13H18O3S/c1-4-5-10-8-11(12(17-10)13(14)15)16-7-6-9(2)3/h8H,2,4-7H2,1,3H3,(H,14,15). The molecule has 0 radical (unpaired) electrons. The molecule has 0 aliphatic carbocycles. The van der Waals surface area contributed by atoms with Gasteiger partial charge in [0.1, 0.15) is 5.75 Å². The molecule has 1 rings (SSSR count). The van der Waals surface area contributed by atoms with E-state index < -0.39 is 5.97 Å². The zero-order valence-electron chi connectivity index (χ0n) is 10.3. The summed E-state index contributed by atoms with van der Waals surface area (Å²) in [4.78, 5) is 12.4. The number of rotatable bonds is 7. The first-order valence-electron chi connectivity index (χ1n) is 5.67. The molecule has 1 aromatic rings. The van der Waals surface area contributed by atoms with Crippen molar-refractivity contribution in [2.45, 2.75) is 33.1 Å². The number of aromatic carboxylic acids is 1. The molecule has 1 aromatic heterocycles. The highest BCUT2D eigenvalue weighted by atomic mass is 32.1. The van der Waals surface area contributed by atoms with Crippen molar-refractivity contribution in [2.75, 3.05) is 6.61 Å². The van der Waals surface area contributed by atoms with Gasteiger partial charge in [0.25, 0.3) is 0 Å². The van der Waals surface area contributed by atoms with Gasteiger partial charge >= 0.3 is 5.97 Å². The lowest BCUT2D eigenvalue weighted by Crippen LogP contribution is -2.01. The molecule has 1 N–H and O–H groups in total. The number of carboxylic acids is 1. The second-order valence-electron chi connectivity index (χ2n) is 4.02. The Hall–Kier alpha value is -1.29. The van der Waals surface area contributed by atoms with E-state index in [0.29, 0.717) is 17.2 Å². The Labute approximate surface area is 106 Å². The summed E-state index contributed by atoms with van der Waals surface area (Å²) in [6, 6.07) is 1.84. The third-order valence-corrected chi connectivity index (χ3v) is 3.39. The van der Waals surface area contributed by atoms with Crippen molar-refractivity contribution >= 4 is 17.3 Å². The van der Waals surface area contributed by atoms with Crippen LogP contribution in [0.4, 0.5) is 0 Å². The molecule has 3 nitrogen and oxygen atoms in total. The summed E-state index contributed by atoms with van der Waals surface area (Å²) in [6.07, 6.45) is 2.65. The lowest BCUT2D eigenvalue weighted by atomic mass is 10.2. The average molecular weight is 254 g/mol. The van der Waals surface area contributed by atoms with E-state index in [0.717, 1.165) is 29.7 Å². The molecule has 4 heteroatoms. The summed E-state index contributed by atoms with van der Waals surface area (Å²) in [5.74, 6) is -0.421. The van der Waals surface area contributed by atoms with E-state index in [4.69, 9.17) is 9.84 Å². The maximum absolute atomic E-state index is 11.0. The normalized spacial score (nSPS) is 10.2. The third-order valence-electron chi connectivity index (χ3n) is 2.23. The van der Waals surface area contributed by atoms with E-state index in [1.54, 1.807) is 0 Å². The summed E-state index contributed by atoms with van der Waals surface area (Å²) < 4.78 is 5.51. The summed E-state index contributed by atoms with van der Waals surface area (Å²) in [6.45, 7) is 8.27. The van der Waals surface area contributed by atoms with E-state index in [1.807, 2.05) is 13.0 Å². The van der Waals surface area contributed by atoms with Crippen molar-refractivity contribution in [3.05, 3.63) is 28.0 Å². The fraction of sp³-hybridized carbons (Fsp3) is 0.462. The number of ether oxygens (including phenoxy) is 1. The fourth-order valence-corrected chi connectivity index (χ4v) is 2.42. The predicted octanol–water partition coefficient (Wildman–Crippen LogP) is 3.74. The van der Waals surface area contributed by atoms with Crippen molar-refractivity contribution in [3.8, 4) is 5.75 Å². The molecule has 17 heavy (non-hydrogen) atoms. The van der Waals surface area contributed by atoms with Crippen LogP contribution >= 0.6 is 11.3 Å². The van der Waals surface area contributed by atoms with Crippen LogP contribution in [0.3, 0.4) is 0 Å². The third kappa shape index (κ3) is 4.23. The smallest absolute Gasteiger partial charge is 0.349 e. The van der Waals surface area contributed by atoms with Gasteiger partial charge in [-0.15, -0.1) is 17.9 Å². The van der Waals surface area contributed by atoms with Gasteiger partial charge in [-0.05, 0) is 19.4 Å². The molecule has 0 spiro atoms. The van der Waals surface area contributed by atoms with Crippen molar-refractivity contribution in [3.63, 3.8) is 0 Å². The minimum Gasteiger partial charge on any atom is -0.491 e. The number of carboxylic acid groups (broad SMARTS) is 1. The van der Waals surface area contributed by atoms with E-state index >= 15 is 0 Å². The molecule has 0 aliphatic heterocycles.